The van der Waals surface area contributed by atoms with Crippen LogP contribution < -0.4 is 0 Å². The molecule has 0 fully saturated rings. The topological polar surface area (TPSA) is 0 Å². The van der Waals surface area contributed by atoms with E-state index >= 15 is 0 Å². The van der Waals surface area contributed by atoms with Crippen LogP contribution in [-0.4, -0.2) is 0 Å². The maximum absolute atomic E-state index is 2.22. The lowest BCUT2D eigenvalue weighted by Crippen LogP contribution is -1.66. The van der Waals surface area contributed by atoms with Gasteiger partial charge in [0.1, 0.15) is 0 Å². The Balaban J connectivity index is 2.26. The second-order valence-electron chi connectivity index (χ2n) is 3.73. The molecule has 0 heterocycles. The van der Waals surface area contributed by atoms with Crippen LogP contribution in [0.1, 0.15) is 31.7 Å². The maximum Gasteiger partial charge on any atom is -0.0257 e. The molecule has 16 heavy (non-hydrogen) atoms. The fourth-order valence-electron chi connectivity index (χ4n) is 1.36. The van der Waals surface area contributed by atoms with E-state index in [1.165, 1.54) is 24.8 Å². The van der Waals surface area contributed by atoms with Gasteiger partial charge in [0.15, 0.2) is 0 Å². The summed E-state index contributed by atoms with van der Waals surface area (Å²) in [5, 5.41) is 0. The zero-order valence-electron chi connectivity index (χ0n) is 9.97. The van der Waals surface area contributed by atoms with Crippen molar-refractivity contribution in [2.24, 2.45) is 0 Å². The first-order valence-electron chi connectivity index (χ1n) is 5.98. The van der Waals surface area contributed by atoms with E-state index in [0.717, 1.165) is 0 Å². The van der Waals surface area contributed by atoms with Gasteiger partial charge in [0.2, 0.25) is 0 Å². The number of allylic oxidation sites excluding steroid dienone is 5. The smallest absolute Gasteiger partial charge is 0.0257 e. The SMILES string of the molecule is CCCC/C=C/C=C/C=C/c1ccccc1. The predicted molar refractivity (Wildman–Crippen MR) is 73.3 cm³/mol. The number of hydrogen-bond acceptors (Lipinski definition) is 0. The predicted octanol–water partition coefficient (Wildman–Crippen LogP) is 5.00. The van der Waals surface area contributed by atoms with E-state index in [4.69, 9.17) is 0 Å². The van der Waals surface area contributed by atoms with Crippen LogP contribution in [0.25, 0.3) is 6.08 Å². The highest BCUT2D eigenvalue weighted by Crippen LogP contribution is 2.01. The van der Waals surface area contributed by atoms with Crippen molar-refractivity contribution >= 4 is 6.08 Å². The summed E-state index contributed by atoms with van der Waals surface area (Å²) in [6.45, 7) is 2.21. The van der Waals surface area contributed by atoms with Gasteiger partial charge in [-0.1, -0.05) is 86.6 Å². The fourth-order valence-corrected chi connectivity index (χ4v) is 1.36. The van der Waals surface area contributed by atoms with E-state index in [0.29, 0.717) is 0 Å². The molecule has 0 saturated heterocycles. The third-order valence-electron chi connectivity index (χ3n) is 2.28. The van der Waals surface area contributed by atoms with Gasteiger partial charge in [0.25, 0.3) is 0 Å². The van der Waals surface area contributed by atoms with Crippen molar-refractivity contribution in [1.29, 1.82) is 0 Å². The highest BCUT2D eigenvalue weighted by Gasteiger charge is 1.79. The minimum Gasteiger partial charge on any atom is -0.0845 e. The van der Waals surface area contributed by atoms with Crippen molar-refractivity contribution in [3.8, 4) is 0 Å². The zero-order chi connectivity index (χ0) is 11.5. The molecular weight excluding hydrogens is 192 g/mol. The molecule has 0 bridgehead atoms. The van der Waals surface area contributed by atoms with Crippen LogP contribution in [0.2, 0.25) is 0 Å². The van der Waals surface area contributed by atoms with Gasteiger partial charge in [-0.25, -0.2) is 0 Å². The van der Waals surface area contributed by atoms with Crippen LogP contribution in [-0.2, 0) is 0 Å². The largest absolute Gasteiger partial charge is 0.0845 e. The number of rotatable bonds is 6. The minimum absolute atomic E-state index is 1.18. The lowest BCUT2D eigenvalue weighted by Gasteiger charge is -1.88. The quantitative estimate of drug-likeness (QED) is 0.459. The van der Waals surface area contributed by atoms with Gasteiger partial charge < -0.3 is 0 Å². The van der Waals surface area contributed by atoms with Crippen LogP contribution in [0.4, 0.5) is 0 Å². The van der Waals surface area contributed by atoms with E-state index in [9.17, 15) is 0 Å². The van der Waals surface area contributed by atoms with E-state index in [2.05, 4.69) is 55.5 Å². The summed E-state index contributed by atoms with van der Waals surface area (Å²) in [6.07, 6.45) is 16.4. The summed E-state index contributed by atoms with van der Waals surface area (Å²) in [5.74, 6) is 0. The van der Waals surface area contributed by atoms with Crippen molar-refractivity contribution < 1.29 is 0 Å². The summed E-state index contributed by atoms with van der Waals surface area (Å²) in [4.78, 5) is 0. The molecule has 0 radical (unpaired) electrons. The molecule has 0 aliphatic heterocycles. The zero-order valence-corrected chi connectivity index (χ0v) is 9.97. The molecule has 1 aromatic rings. The molecule has 0 aliphatic carbocycles. The van der Waals surface area contributed by atoms with Crippen molar-refractivity contribution in [2.45, 2.75) is 26.2 Å². The summed E-state index contributed by atoms with van der Waals surface area (Å²) < 4.78 is 0. The Morgan fingerprint density at radius 2 is 1.69 bits per heavy atom. The Kier molecular flexibility index (Phi) is 6.82. The number of benzene rings is 1. The molecule has 1 rings (SSSR count). The Hall–Kier alpha value is -1.56. The van der Waals surface area contributed by atoms with Crippen molar-refractivity contribution in [1.82, 2.24) is 0 Å². The normalized spacial score (nSPS) is 12.1. The van der Waals surface area contributed by atoms with Gasteiger partial charge in [-0.3, -0.25) is 0 Å². The van der Waals surface area contributed by atoms with Gasteiger partial charge in [-0.2, -0.15) is 0 Å². The van der Waals surface area contributed by atoms with Crippen molar-refractivity contribution in [3.05, 3.63) is 66.3 Å². The average Bonchev–Trinajstić information content (AvgIpc) is 2.34. The van der Waals surface area contributed by atoms with Crippen molar-refractivity contribution in [2.75, 3.05) is 0 Å². The molecule has 0 amide bonds. The molecule has 1 aromatic carbocycles. The summed E-state index contributed by atoms with van der Waals surface area (Å²) >= 11 is 0. The summed E-state index contributed by atoms with van der Waals surface area (Å²) in [7, 11) is 0. The lowest BCUT2D eigenvalue weighted by atomic mass is 10.2. The second kappa shape index (κ2) is 8.72. The van der Waals surface area contributed by atoms with Crippen LogP contribution in [0.5, 0.6) is 0 Å². The van der Waals surface area contributed by atoms with Gasteiger partial charge >= 0.3 is 0 Å². The molecule has 0 atom stereocenters. The Morgan fingerprint density at radius 1 is 0.938 bits per heavy atom. The number of hydrogen-bond donors (Lipinski definition) is 0. The summed E-state index contributed by atoms with van der Waals surface area (Å²) in [6, 6.07) is 10.3. The number of unbranched alkanes of at least 4 members (excludes halogenated alkanes) is 2. The van der Waals surface area contributed by atoms with Crippen LogP contribution in [0.3, 0.4) is 0 Å². The molecule has 0 aliphatic rings. The van der Waals surface area contributed by atoms with E-state index in [1.807, 2.05) is 18.2 Å². The van der Waals surface area contributed by atoms with Crippen LogP contribution in [0, 0.1) is 0 Å². The van der Waals surface area contributed by atoms with E-state index < -0.39 is 0 Å². The van der Waals surface area contributed by atoms with Gasteiger partial charge in [-0.05, 0) is 12.0 Å². The van der Waals surface area contributed by atoms with E-state index in [-0.39, 0.29) is 0 Å². The lowest BCUT2D eigenvalue weighted by molar-refractivity contribution is 0.815. The highest BCUT2D eigenvalue weighted by molar-refractivity contribution is 5.50. The molecule has 0 spiro atoms. The average molecular weight is 212 g/mol. The molecule has 84 valence electrons. The Labute approximate surface area is 99.0 Å². The van der Waals surface area contributed by atoms with Crippen molar-refractivity contribution in [3.63, 3.8) is 0 Å². The Bertz CT molecular complexity index is 342. The first-order valence-corrected chi connectivity index (χ1v) is 5.98. The third-order valence-corrected chi connectivity index (χ3v) is 2.28. The van der Waals surface area contributed by atoms with Gasteiger partial charge in [0, 0.05) is 0 Å². The molecule has 0 unspecified atom stereocenters. The first-order chi connectivity index (χ1) is 7.93. The molecular formula is C16H20. The highest BCUT2D eigenvalue weighted by atomic mass is 13.9. The molecule has 0 aromatic heterocycles. The third kappa shape index (κ3) is 6.02. The van der Waals surface area contributed by atoms with Crippen LogP contribution in [0.15, 0.2) is 60.7 Å². The van der Waals surface area contributed by atoms with E-state index in [1.54, 1.807) is 0 Å². The second-order valence-corrected chi connectivity index (χ2v) is 3.73. The summed E-state index contributed by atoms with van der Waals surface area (Å²) in [5.41, 5.74) is 1.24. The van der Waals surface area contributed by atoms with Gasteiger partial charge in [0.05, 0.1) is 0 Å². The maximum atomic E-state index is 2.22. The molecule has 0 heteroatoms. The van der Waals surface area contributed by atoms with Crippen LogP contribution >= 0.6 is 0 Å². The van der Waals surface area contributed by atoms with Gasteiger partial charge in [-0.15, -0.1) is 0 Å². The molecule has 0 saturated carbocycles. The molecule has 0 N–H and O–H groups in total. The monoisotopic (exact) mass is 212 g/mol. The Morgan fingerprint density at radius 3 is 2.44 bits per heavy atom. The molecule has 0 nitrogen and oxygen atoms in total. The minimum atomic E-state index is 1.18. The standard InChI is InChI=1S/C16H20/c1-2-3-4-5-6-7-8-10-13-16-14-11-9-12-15-16/h5-15H,2-4H2,1H3/b6-5+,8-7+,13-10+. The fraction of sp³-hybridized carbons (Fsp3) is 0.250. The first kappa shape index (κ1) is 12.5.